The van der Waals surface area contributed by atoms with Gasteiger partial charge in [-0.1, -0.05) is 24.3 Å². The van der Waals surface area contributed by atoms with Crippen LogP contribution in [0.15, 0.2) is 54.9 Å². The summed E-state index contributed by atoms with van der Waals surface area (Å²) >= 11 is 0. The van der Waals surface area contributed by atoms with E-state index in [9.17, 15) is 9.90 Å². The van der Waals surface area contributed by atoms with Crippen LogP contribution in [0.25, 0.3) is 17.8 Å². The molecule has 0 saturated heterocycles. The molecule has 0 amide bonds. The third-order valence-corrected chi connectivity index (χ3v) is 3.61. The Morgan fingerprint density at radius 2 is 1.83 bits per heavy atom. The van der Waals surface area contributed by atoms with E-state index < -0.39 is 0 Å². The van der Waals surface area contributed by atoms with Gasteiger partial charge < -0.3 is 5.11 Å². The molecule has 4 heteroatoms. The Morgan fingerprint density at radius 1 is 1.09 bits per heavy atom. The minimum atomic E-state index is 0.0423. The maximum atomic E-state index is 11.0. The highest BCUT2D eigenvalue weighted by Gasteiger charge is 2.04. The first kappa shape index (κ1) is 14.8. The van der Waals surface area contributed by atoms with E-state index in [1.807, 2.05) is 54.7 Å². The molecule has 4 nitrogen and oxygen atoms in total. The zero-order chi connectivity index (χ0) is 16.2. The number of phenolic OH excluding ortho intramolecular Hbond substituents is 1. The molecule has 0 radical (unpaired) electrons. The molecule has 0 fully saturated rings. The molecule has 0 aliphatic heterocycles. The summed E-state index contributed by atoms with van der Waals surface area (Å²) in [5, 5.41) is 14.0. The van der Waals surface area contributed by atoms with Gasteiger partial charge in [0.05, 0.1) is 11.3 Å². The number of aldehydes is 1. The van der Waals surface area contributed by atoms with E-state index in [0.717, 1.165) is 16.8 Å². The third-order valence-electron chi connectivity index (χ3n) is 3.61. The molecule has 1 heterocycles. The number of aryl methyl sites for hydroxylation is 1. The maximum absolute atomic E-state index is 11.0. The number of aromatic hydroxyl groups is 1. The fraction of sp³-hybridized carbons (Fsp3) is 0.0526. The van der Waals surface area contributed by atoms with Gasteiger partial charge in [-0.15, -0.1) is 0 Å². The zero-order valence-electron chi connectivity index (χ0n) is 12.7. The van der Waals surface area contributed by atoms with Crippen molar-refractivity contribution in [2.75, 3.05) is 0 Å². The van der Waals surface area contributed by atoms with Crippen molar-refractivity contribution in [3.05, 3.63) is 77.1 Å². The summed E-state index contributed by atoms with van der Waals surface area (Å²) in [5.74, 6) is 0.0423. The standard InChI is InChI=1S/C19H16N2O2/c1-14-11-16(12-17(13-22)19(14)23)4-3-15-5-7-18(8-6-15)21-10-2-9-20-21/h2-13,23H,1H3/b4-3+. The van der Waals surface area contributed by atoms with Crippen LogP contribution in [0.3, 0.4) is 0 Å². The van der Waals surface area contributed by atoms with E-state index in [-0.39, 0.29) is 5.75 Å². The topological polar surface area (TPSA) is 55.1 Å². The predicted octanol–water partition coefficient (Wildman–Crippen LogP) is 3.87. The van der Waals surface area contributed by atoms with Gasteiger partial charge in [0.15, 0.2) is 6.29 Å². The van der Waals surface area contributed by atoms with E-state index in [0.29, 0.717) is 17.4 Å². The Bertz CT molecular complexity index is 848. The van der Waals surface area contributed by atoms with Crippen molar-refractivity contribution in [3.63, 3.8) is 0 Å². The Labute approximate surface area is 134 Å². The molecule has 3 rings (SSSR count). The van der Waals surface area contributed by atoms with E-state index in [2.05, 4.69) is 5.10 Å². The summed E-state index contributed by atoms with van der Waals surface area (Å²) in [5.41, 5.74) is 3.90. The van der Waals surface area contributed by atoms with Gasteiger partial charge >= 0.3 is 0 Å². The number of phenols is 1. The molecule has 0 saturated carbocycles. The normalized spacial score (nSPS) is 11.0. The molecule has 0 unspecified atom stereocenters. The summed E-state index contributed by atoms with van der Waals surface area (Å²) in [6.07, 6.45) is 8.19. The van der Waals surface area contributed by atoms with Crippen LogP contribution < -0.4 is 0 Å². The Hall–Kier alpha value is -3.14. The molecule has 0 atom stereocenters. The number of hydrogen-bond acceptors (Lipinski definition) is 3. The number of hydrogen-bond donors (Lipinski definition) is 1. The minimum absolute atomic E-state index is 0.0423. The summed E-state index contributed by atoms with van der Waals surface area (Å²) in [7, 11) is 0. The first-order valence-corrected chi connectivity index (χ1v) is 7.24. The van der Waals surface area contributed by atoms with Gasteiger partial charge in [0.25, 0.3) is 0 Å². The number of benzene rings is 2. The van der Waals surface area contributed by atoms with Gasteiger partial charge in [0.1, 0.15) is 5.75 Å². The molecule has 0 spiro atoms. The van der Waals surface area contributed by atoms with Crippen molar-refractivity contribution in [1.82, 2.24) is 9.78 Å². The second-order valence-electron chi connectivity index (χ2n) is 5.27. The van der Waals surface area contributed by atoms with Crippen LogP contribution in [-0.2, 0) is 0 Å². The molecule has 3 aromatic rings. The molecule has 0 aliphatic carbocycles. The average Bonchev–Trinajstić information content (AvgIpc) is 3.11. The fourth-order valence-electron chi connectivity index (χ4n) is 2.37. The zero-order valence-corrected chi connectivity index (χ0v) is 12.7. The van der Waals surface area contributed by atoms with Crippen molar-refractivity contribution >= 4 is 18.4 Å². The van der Waals surface area contributed by atoms with Crippen LogP contribution >= 0.6 is 0 Å². The van der Waals surface area contributed by atoms with Gasteiger partial charge in [-0.3, -0.25) is 4.79 Å². The summed E-state index contributed by atoms with van der Waals surface area (Å²) < 4.78 is 1.80. The van der Waals surface area contributed by atoms with Crippen molar-refractivity contribution in [2.24, 2.45) is 0 Å². The average molecular weight is 304 g/mol. The first-order valence-electron chi connectivity index (χ1n) is 7.24. The number of rotatable bonds is 4. The van der Waals surface area contributed by atoms with E-state index in [4.69, 9.17) is 0 Å². The van der Waals surface area contributed by atoms with Crippen LogP contribution in [0.1, 0.15) is 27.0 Å². The van der Waals surface area contributed by atoms with E-state index >= 15 is 0 Å². The number of aromatic nitrogens is 2. The Balaban J connectivity index is 1.83. The molecule has 0 bridgehead atoms. The summed E-state index contributed by atoms with van der Waals surface area (Å²) in [6, 6.07) is 13.4. The van der Waals surface area contributed by atoms with Crippen LogP contribution in [0, 0.1) is 6.92 Å². The van der Waals surface area contributed by atoms with Gasteiger partial charge in [-0.05, 0) is 53.9 Å². The Morgan fingerprint density at radius 3 is 2.48 bits per heavy atom. The van der Waals surface area contributed by atoms with Crippen LogP contribution in [0.2, 0.25) is 0 Å². The Kier molecular flexibility index (Phi) is 4.06. The number of nitrogens with zero attached hydrogens (tertiary/aromatic N) is 2. The van der Waals surface area contributed by atoms with Crippen molar-refractivity contribution in [3.8, 4) is 11.4 Å². The molecule has 114 valence electrons. The SMILES string of the molecule is Cc1cc(/C=C/c2ccc(-n3cccn3)cc2)cc(C=O)c1O. The number of carbonyl (C=O) groups is 1. The molecule has 23 heavy (non-hydrogen) atoms. The molecule has 1 aromatic heterocycles. The fourth-order valence-corrected chi connectivity index (χ4v) is 2.37. The molecular weight excluding hydrogens is 288 g/mol. The third kappa shape index (κ3) is 3.21. The van der Waals surface area contributed by atoms with E-state index in [1.165, 1.54) is 0 Å². The van der Waals surface area contributed by atoms with Gasteiger partial charge in [-0.25, -0.2) is 4.68 Å². The predicted molar refractivity (Wildman–Crippen MR) is 90.7 cm³/mol. The second-order valence-corrected chi connectivity index (χ2v) is 5.27. The lowest BCUT2D eigenvalue weighted by Crippen LogP contribution is -1.93. The van der Waals surface area contributed by atoms with Gasteiger partial charge in [0.2, 0.25) is 0 Å². The number of carbonyl (C=O) groups excluding carboxylic acids is 1. The smallest absolute Gasteiger partial charge is 0.153 e. The van der Waals surface area contributed by atoms with E-state index in [1.54, 1.807) is 23.9 Å². The monoisotopic (exact) mass is 304 g/mol. The maximum Gasteiger partial charge on any atom is 0.153 e. The first-order chi connectivity index (χ1) is 11.2. The van der Waals surface area contributed by atoms with Crippen LogP contribution in [0.5, 0.6) is 5.75 Å². The highest BCUT2D eigenvalue weighted by Crippen LogP contribution is 2.23. The van der Waals surface area contributed by atoms with Gasteiger partial charge in [-0.2, -0.15) is 5.10 Å². The molecular formula is C19H16N2O2. The second kappa shape index (κ2) is 6.32. The molecule has 1 N–H and O–H groups in total. The quantitative estimate of drug-likeness (QED) is 0.588. The molecule has 2 aromatic carbocycles. The lowest BCUT2D eigenvalue weighted by Gasteiger charge is -2.04. The van der Waals surface area contributed by atoms with Crippen molar-refractivity contribution < 1.29 is 9.90 Å². The molecule has 0 aliphatic rings. The largest absolute Gasteiger partial charge is 0.507 e. The lowest BCUT2D eigenvalue weighted by atomic mass is 10.0. The highest BCUT2D eigenvalue weighted by molar-refractivity contribution is 5.83. The summed E-state index contributed by atoms with van der Waals surface area (Å²) in [4.78, 5) is 11.0. The van der Waals surface area contributed by atoms with Gasteiger partial charge in [0, 0.05) is 12.4 Å². The highest BCUT2D eigenvalue weighted by atomic mass is 16.3. The van der Waals surface area contributed by atoms with Crippen molar-refractivity contribution in [1.29, 1.82) is 0 Å². The summed E-state index contributed by atoms with van der Waals surface area (Å²) in [6.45, 7) is 1.78. The van der Waals surface area contributed by atoms with Crippen molar-refractivity contribution in [2.45, 2.75) is 6.92 Å². The minimum Gasteiger partial charge on any atom is -0.507 e. The van der Waals surface area contributed by atoms with Crippen LogP contribution in [-0.4, -0.2) is 21.2 Å². The lowest BCUT2D eigenvalue weighted by molar-refractivity contribution is 0.112. The van der Waals surface area contributed by atoms with Crippen LogP contribution in [0.4, 0.5) is 0 Å².